The third-order valence-electron chi connectivity index (χ3n) is 3.63. The summed E-state index contributed by atoms with van der Waals surface area (Å²) in [7, 11) is 0. The molecule has 0 bridgehead atoms. The molecule has 1 aliphatic rings. The lowest BCUT2D eigenvalue weighted by atomic mass is 9.96. The quantitative estimate of drug-likeness (QED) is 0.854. The van der Waals surface area contributed by atoms with Crippen LogP contribution in [0, 0.1) is 24.2 Å². The molecule has 0 aliphatic carbocycles. The Balaban J connectivity index is 1.79. The first kappa shape index (κ1) is 12.9. The fourth-order valence-corrected chi connectivity index (χ4v) is 2.49. The number of piperidine rings is 1. The molecule has 1 atom stereocenters. The first-order chi connectivity index (χ1) is 8.79. The zero-order valence-electron chi connectivity index (χ0n) is 11.0. The van der Waals surface area contributed by atoms with Gasteiger partial charge in [-0.3, -0.25) is 0 Å². The van der Waals surface area contributed by atoms with Gasteiger partial charge in [-0.1, -0.05) is 0 Å². The fraction of sp³-hybridized carbons (Fsp3) is 0.533. The lowest BCUT2D eigenvalue weighted by molar-refractivity contribution is 0.364. The van der Waals surface area contributed by atoms with Crippen molar-refractivity contribution < 1.29 is 0 Å². The van der Waals surface area contributed by atoms with Crippen molar-refractivity contribution in [3.8, 4) is 6.07 Å². The van der Waals surface area contributed by atoms with E-state index in [2.05, 4.69) is 22.8 Å². The third-order valence-corrected chi connectivity index (χ3v) is 3.63. The first-order valence-electron chi connectivity index (χ1n) is 6.75. The number of nitriles is 1. The van der Waals surface area contributed by atoms with Gasteiger partial charge in [-0.2, -0.15) is 5.26 Å². The normalized spacial score (nSPS) is 19.2. The van der Waals surface area contributed by atoms with Gasteiger partial charge in [-0.25, -0.2) is 0 Å². The van der Waals surface area contributed by atoms with Crippen LogP contribution in [0.1, 0.15) is 30.4 Å². The molecule has 0 amide bonds. The van der Waals surface area contributed by atoms with Crippen molar-refractivity contribution in [3.63, 3.8) is 0 Å². The Morgan fingerprint density at radius 1 is 1.50 bits per heavy atom. The van der Waals surface area contributed by atoms with Crippen LogP contribution >= 0.6 is 0 Å². The molecule has 0 saturated carbocycles. The van der Waals surface area contributed by atoms with E-state index in [9.17, 15) is 0 Å². The number of anilines is 1. The standard InChI is InChI=1S/C15H21N3/c1-12-9-15(5-4-14(12)10-16)18-8-6-13-3-2-7-17-11-13/h4-5,9,13,17-18H,2-3,6-8,11H2,1H3. The van der Waals surface area contributed by atoms with Gasteiger partial charge in [0.15, 0.2) is 0 Å². The van der Waals surface area contributed by atoms with Crippen molar-refractivity contribution in [3.05, 3.63) is 29.3 Å². The van der Waals surface area contributed by atoms with Crippen LogP contribution in [0.25, 0.3) is 0 Å². The Hall–Kier alpha value is -1.53. The summed E-state index contributed by atoms with van der Waals surface area (Å²) in [6.07, 6.45) is 3.87. The van der Waals surface area contributed by atoms with Gasteiger partial charge in [0.05, 0.1) is 11.6 Å². The topological polar surface area (TPSA) is 47.8 Å². The molecule has 1 aromatic rings. The van der Waals surface area contributed by atoms with E-state index >= 15 is 0 Å². The maximum absolute atomic E-state index is 8.88. The molecule has 0 radical (unpaired) electrons. The highest BCUT2D eigenvalue weighted by Gasteiger charge is 2.11. The van der Waals surface area contributed by atoms with E-state index in [1.165, 1.54) is 25.8 Å². The van der Waals surface area contributed by atoms with Gasteiger partial charge in [-0.15, -0.1) is 0 Å². The van der Waals surface area contributed by atoms with Crippen molar-refractivity contribution in [2.24, 2.45) is 5.92 Å². The molecule has 3 heteroatoms. The fourth-order valence-electron chi connectivity index (χ4n) is 2.49. The van der Waals surface area contributed by atoms with Crippen molar-refractivity contribution in [1.29, 1.82) is 5.26 Å². The van der Waals surface area contributed by atoms with Crippen molar-refractivity contribution in [2.45, 2.75) is 26.2 Å². The van der Waals surface area contributed by atoms with Crippen molar-refractivity contribution in [1.82, 2.24) is 5.32 Å². The van der Waals surface area contributed by atoms with Gasteiger partial charge in [-0.05, 0) is 69.0 Å². The lowest BCUT2D eigenvalue weighted by Gasteiger charge is -2.22. The van der Waals surface area contributed by atoms with Gasteiger partial charge in [0.1, 0.15) is 0 Å². The second-order valence-electron chi connectivity index (χ2n) is 5.07. The van der Waals surface area contributed by atoms with Crippen molar-refractivity contribution in [2.75, 3.05) is 25.0 Å². The molecule has 2 rings (SSSR count). The number of nitrogens with one attached hydrogen (secondary N) is 2. The monoisotopic (exact) mass is 243 g/mol. The molecule has 1 fully saturated rings. The zero-order chi connectivity index (χ0) is 12.8. The molecule has 0 spiro atoms. The molecular weight excluding hydrogens is 222 g/mol. The summed E-state index contributed by atoms with van der Waals surface area (Å²) in [6.45, 7) is 5.33. The van der Waals surface area contributed by atoms with E-state index < -0.39 is 0 Å². The third kappa shape index (κ3) is 3.48. The highest BCUT2D eigenvalue weighted by atomic mass is 14.9. The number of aryl methyl sites for hydroxylation is 1. The summed E-state index contributed by atoms with van der Waals surface area (Å²) in [5, 5.41) is 15.8. The summed E-state index contributed by atoms with van der Waals surface area (Å²) < 4.78 is 0. The van der Waals surface area contributed by atoms with E-state index in [0.717, 1.165) is 35.8 Å². The van der Waals surface area contributed by atoms with Crippen LogP contribution in [0.2, 0.25) is 0 Å². The van der Waals surface area contributed by atoms with E-state index in [4.69, 9.17) is 5.26 Å². The largest absolute Gasteiger partial charge is 0.385 e. The second kappa shape index (κ2) is 6.42. The lowest BCUT2D eigenvalue weighted by Crippen LogP contribution is -2.30. The molecule has 3 nitrogen and oxygen atoms in total. The second-order valence-corrected chi connectivity index (χ2v) is 5.07. The minimum atomic E-state index is 0.761. The van der Waals surface area contributed by atoms with Crippen LogP contribution in [0.15, 0.2) is 18.2 Å². The molecule has 1 aromatic carbocycles. The van der Waals surface area contributed by atoms with Crippen molar-refractivity contribution >= 4 is 5.69 Å². The van der Waals surface area contributed by atoms with Crippen LogP contribution in [0.4, 0.5) is 5.69 Å². The molecule has 1 aliphatic heterocycles. The van der Waals surface area contributed by atoms with Crippen LogP contribution < -0.4 is 10.6 Å². The van der Waals surface area contributed by atoms with Crippen LogP contribution in [-0.2, 0) is 0 Å². The van der Waals surface area contributed by atoms with E-state index in [0.29, 0.717) is 0 Å². The number of hydrogen-bond acceptors (Lipinski definition) is 3. The van der Waals surface area contributed by atoms with Crippen LogP contribution in [0.3, 0.4) is 0 Å². The summed E-state index contributed by atoms with van der Waals surface area (Å²) in [5.74, 6) is 0.811. The molecule has 0 aromatic heterocycles. The summed E-state index contributed by atoms with van der Waals surface area (Å²) in [5.41, 5.74) is 2.93. The van der Waals surface area contributed by atoms with Crippen LogP contribution in [0.5, 0.6) is 0 Å². The van der Waals surface area contributed by atoms with E-state index in [1.54, 1.807) is 0 Å². The highest BCUT2D eigenvalue weighted by molar-refractivity contribution is 5.51. The number of nitrogens with zero attached hydrogens (tertiary/aromatic N) is 1. The van der Waals surface area contributed by atoms with Crippen LogP contribution in [-0.4, -0.2) is 19.6 Å². The first-order valence-corrected chi connectivity index (χ1v) is 6.75. The Morgan fingerprint density at radius 2 is 2.39 bits per heavy atom. The Kier molecular flexibility index (Phi) is 4.60. The predicted molar refractivity (Wildman–Crippen MR) is 74.6 cm³/mol. The Morgan fingerprint density at radius 3 is 3.06 bits per heavy atom. The molecule has 96 valence electrons. The molecule has 1 saturated heterocycles. The molecule has 2 N–H and O–H groups in total. The minimum Gasteiger partial charge on any atom is -0.385 e. The average Bonchev–Trinajstić information content (AvgIpc) is 2.40. The van der Waals surface area contributed by atoms with Gasteiger partial charge < -0.3 is 10.6 Å². The van der Waals surface area contributed by atoms with E-state index in [1.807, 2.05) is 19.1 Å². The maximum atomic E-state index is 8.88. The minimum absolute atomic E-state index is 0.761. The summed E-state index contributed by atoms with van der Waals surface area (Å²) >= 11 is 0. The predicted octanol–water partition coefficient (Wildman–Crippen LogP) is 2.67. The van der Waals surface area contributed by atoms with Gasteiger partial charge in [0.2, 0.25) is 0 Å². The molecule has 18 heavy (non-hydrogen) atoms. The van der Waals surface area contributed by atoms with Gasteiger partial charge in [0.25, 0.3) is 0 Å². The smallest absolute Gasteiger partial charge is 0.0994 e. The summed E-state index contributed by atoms with van der Waals surface area (Å²) in [4.78, 5) is 0. The van der Waals surface area contributed by atoms with Gasteiger partial charge in [0, 0.05) is 12.2 Å². The number of benzene rings is 1. The molecular formula is C15H21N3. The Bertz CT molecular complexity index is 428. The average molecular weight is 243 g/mol. The number of hydrogen-bond donors (Lipinski definition) is 2. The Labute approximate surface area is 109 Å². The SMILES string of the molecule is Cc1cc(NCCC2CCCNC2)ccc1C#N. The number of rotatable bonds is 4. The van der Waals surface area contributed by atoms with E-state index in [-0.39, 0.29) is 0 Å². The maximum Gasteiger partial charge on any atom is 0.0994 e. The van der Waals surface area contributed by atoms with Gasteiger partial charge >= 0.3 is 0 Å². The zero-order valence-corrected chi connectivity index (χ0v) is 11.0. The molecule has 1 heterocycles. The highest BCUT2D eigenvalue weighted by Crippen LogP contribution is 2.17. The summed E-state index contributed by atoms with van der Waals surface area (Å²) in [6, 6.07) is 8.13. The molecule has 1 unspecified atom stereocenters.